The van der Waals surface area contributed by atoms with E-state index in [1.54, 1.807) is 0 Å². The standard InChI is InChI=1S/C21H26F3N5O/c1-4-29-9-5-6-16(12-29)26-19-10-13(2)20(28-27-19)17-8-7-15(21(22,23)24)11-18(17)25-14(3)30/h7-8,10-11,16H,4-6,9,12H2,1-3H3,(H,25,30)(H,26,27)/t16-/m1/s1. The Labute approximate surface area is 173 Å². The molecule has 2 N–H and O–H groups in total. The number of hydrogen-bond donors (Lipinski definition) is 2. The molecule has 2 aromatic rings. The van der Waals surface area contributed by atoms with Gasteiger partial charge in [-0.1, -0.05) is 13.0 Å². The Hall–Kier alpha value is -2.68. The van der Waals surface area contributed by atoms with Crippen LogP contribution in [0.15, 0.2) is 24.3 Å². The molecule has 1 aliphatic heterocycles. The Bertz CT molecular complexity index is 916. The summed E-state index contributed by atoms with van der Waals surface area (Å²) >= 11 is 0. The van der Waals surface area contributed by atoms with Gasteiger partial charge in [-0.15, -0.1) is 10.2 Å². The van der Waals surface area contributed by atoms with Crippen molar-refractivity contribution in [2.45, 2.75) is 45.8 Å². The minimum Gasteiger partial charge on any atom is -0.365 e. The average molecular weight is 421 g/mol. The minimum absolute atomic E-state index is 0.0568. The summed E-state index contributed by atoms with van der Waals surface area (Å²) in [6.07, 6.45) is -2.35. The molecule has 1 amide bonds. The van der Waals surface area contributed by atoms with Crippen LogP contribution in [0.2, 0.25) is 0 Å². The van der Waals surface area contributed by atoms with Crippen molar-refractivity contribution in [3.63, 3.8) is 0 Å². The number of alkyl halides is 3. The number of anilines is 2. The maximum atomic E-state index is 13.1. The maximum Gasteiger partial charge on any atom is 0.416 e. The van der Waals surface area contributed by atoms with E-state index in [4.69, 9.17) is 0 Å². The lowest BCUT2D eigenvalue weighted by Gasteiger charge is -2.32. The van der Waals surface area contributed by atoms with E-state index in [1.165, 1.54) is 13.0 Å². The fraction of sp³-hybridized carbons (Fsp3) is 0.476. The van der Waals surface area contributed by atoms with Gasteiger partial charge in [-0.2, -0.15) is 13.2 Å². The van der Waals surface area contributed by atoms with Crippen LogP contribution in [0, 0.1) is 6.92 Å². The maximum absolute atomic E-state index is 13.1. The van der Waals surface area contributed by atoms with Gasteiger partial charge in [-0.25, -0.2) is 0 Å². The first-order valence-electron chi connectivity index (χ1n) is 9.99. The number of benzene rings is 1. The summed E-state index contributed by atoms with van der Waals surface area (Å²) in [6.45, 7) is 8.24. The van der Waals surface area contributed by atoms with E-state index in [0.717, 1.165) is 50.2 Å². The van der Waals surface area contributed by atoms with Gasteiger partial charge in [0.15, 0.2) is 0 Å². The molecule has 0 saturated carbocycles. The first kappa shape index (κ1) is 22.0. The smallest absolute Gasteiger partial charge is 0.365 e. The summed E-state index contributed by atoms with van der Waals surface area (Å²) in [6, 6.07) is 5.33. The molecule has 0 unspecified atom stereocenters. The Morgan fingerprint density at radius 1 is 1.27 bits per heavy atom. The Balaban J connectivity index is 1.88. The van der Waals surface area contributed by atoms with E-state index in [9.17, 15) is 18.0 Å². The lowest BCUT2D eigenvalue weighted by Crippen LogP contribution is -2.42. The predicted molar refractivity (Wildman–Crippen MR) is 110 cm³/mol. The Morgan fingerprint density at radius 3 is 2.67 bits per heavy atom. The summed E-state index contributed by atoms with van der Waals surface area (Å²) in [5.41, 5.74) is 0.793. The van der Waals surface area contributed by atoms with Crippen molar-refractivity contribution in [2.24, 2.45) is 0 Å². The van der Waals surface area contributed by atoms with Crippen LogP contribution in [0.4, 0.5) is 24.7 Å². The van der Waals surface area contributed by atoms with Crippen molar-refractivity contribution in [2.75, 3.05) is 30.3 Å². The van der Waals surface area contributed by atoms with Crippen LogP contribution < -0.4 is 10.6 Å². The normalized spacial score (nSPS) is 17.6. The largest absolute Gasteiger partial charge is 0.416 e. The molecule has 1 aliphatic rings. The molecule has 0 spiro atoms. The highest BCUT2D eigenvalue weighted by Gasteiger charge is 2.31. The van der Waals surface area contributed by atoms with Crippen LogP contribution in [0.25, 0.3) is 11.3 Å². The highest BCUT2D eigenvalue weighted by atomic mass is 19.4. The molecule has 3 rings (SSSR count). The fourth-order valence-corrected chi connectivity index (χ4v) is 3.71. The zero-order chi connectivity index (χ0) is 21.9. The van der Waals surface area contributed by atoms with Gasteiger partial charge in [-0.3, -0.25) is 4.79 Å². The number of nitrogens with zero attached hydrogens (tertiary/aromatic N) is 3. The molecule has 1 fully saturated rings. The third kappa shape index (κ3) is 5.27. The minimum atomic E-state index is -4.51. The Kier molecular flexibility index (Phi) is 6.60. The van der Waals surface area contributed by atoms with Crippen molar-refractivity contribution in [3.8, 4) is 11.3 Å². The number of aromatic nitrogens is 2. The number of likely N-dealkylation sites (N-methyl/N-ethyl adjacent to an activating group) is 1. The Morgan fingerprint density at radius 2 is 2.03 bits per heavy atom. The number of halogens is 3. The zero-order valence-corrected chi connectivity index (χ0v) is 17.3. The molecule has 1 aromatic heterocycles. The number of likely N-dealkylation sites (tertiary alicyclic amines) is 1. The molecule has 1 aromatic carbocycles. The summed E-state index contributed by atoms with van der Waals surface area (Å²) in [5, 5.41) is 14.4. The van der Waals surface area contributed by atoms with E-state index in [2.05, 4.69) is 32.7 Å². The fourth-order valence-electron chi connectivity index (χ4n) is 3.71. The lowest BCUT2D eigenvalue weighted by molar-refractivity contribution is -0.137. The molecule has 30 heavy (non-hydrogen) atoms. The SMILES string of the molecule is CCN1CCC[C@@H](Nc2cc(C)c(-c3ccc(C(F)(F)F)cc3NC(C)=O)nn2)C1. The summed E-state index contributed by atoms with van der Waals surface area (Å²) in [4.78, 5) is 13.9. The number of rotatable bonds is 5. The van der Waals surface area contributed by atoms with Crippen molar-refractivity contribution < 1.29 is 18.0 Å². The van der Waals surface area contributed by atoms with Crippen LogP contribution in [-0.2, 0) is 11.0 Å². The molecule has 0 aliphatic carbocycles. The van der Waals surface area contributed by atoms with Gasteiger partial charge in [0.05, 0.1) is 16.9 Å². The number of nitrogens with one attached hydrogen (secondary N) is 2. The van der Waals surface area contributed by atoms with Crippen LogP contribution in [0.1, 0.15) is 37.8 Å². The molecule has 162 valence electrons. The highest BCUT2D eigenvalue weighted by Crippen LogP contribution is 2.36. The third-order valence-electron chi connectivity index (χ3n) is 5.20. The van der Waals surface area contributed by atoms with Gasteiger partial charge >= 0.3 is 6.18 Å². The van der Waals surface area contributed by atoms with Crippen LogP contribution in [-0.4, -0.2) is 46.7 Å². The highest BCUT2D eigenvalue weighted by molar-refractivity contribution is 5.94. The quantitative estimate of drug-likeness (QED) is 0.752. The van der Waals surface area contributed by atoms with Gasteiger partial charge in [0, 0.05) is 25.1 Å². The molecular weight excluding hydrogens is 395 g/mol. The molecule has 6 nitrogen and oxygen atoms in total. The number of amides is 1. The number of hydrogen-bond acceptors (Lipinski definition) is 5. The molecule has 9 heteroatoms. The van der Waals surface area contributed by atoms with Gasteiger partial charge in [0.1, 0.15) is 5.82 Å². The van der Waals surface area contributed by atoms with Crippen molar-refractivity contribution in [1.82, 2.24) is 15.1 Å². The average Bonchev–Trinajstić information content (AvgIpc) is 2.67. The lowest BCUT2D eigenvalue weighted by atomic mass is 10.0. The first-order chi connectivity index (χ1) is 14.2. The van der Waals surface area contributed by atoms with E-state index < -0.39 is 17.6 Å². The van der Waals surface area contributed by atoms with Crippen LogP contribution in [0.5, 0.6) is 0 Å². The number of piperidine rings is 1. The van der Waals surface area contributed by atoms with Crippen molar-refractivity contribution in [1.29, 1.82) is 0 Å². The third-order valence-corrected chi connectivity index (χ3v) is 5.20. The number of aryl methyl sites for hydroxylation is 1. The van der Waals surface area contributed by atoms with E-state index in [-0.39, 0.29) is 11.7 Å². The molecule has 2 heterocycles. The first-order valence-corrected chi connectivity index (χ1v) is 9.99. The summed E-state index contributed by atoms with van der Waals surface area (Å²) < 4.78 is 39.3. The molecule has 0 radical (unpaired) electrons. The van der Waals surface area contributed by atoms with Crippen molar-refractivity contribution in [3.05, 3.63) is 35.4 Å². The summed E-state index contributed by atoms with van der Waals surface area (Å²) in [7, 11) is 0. The van der Waals surface area contributed by atoms with Gasteiger partial charge < -0.3 is 15.5 Å². The molecule has 1 saturated heterocycles. The van der Waals surface area contributed by atoms with E-state index in [1.807, 2.05) is 13.0 Å². The number of carbonyl (C=O) groups excluding carboxylic acids is 1. The molecular formula is C21H26F3N5O. The topological polar surface area (TPSA) is 70.2 Å². The zero-order valence-electron chi connectivity index (χ0n) is 17.3. The van der Waals surface area contributed by atoms with Gasteiger partial charge in [0.2, 0.25) is 5.91 Å². The molecule has 1 atom stereocenters. The van der Waals surface area contributed by atoms with E-state index >= 15 is 0 Å². The summed E-state index contributed by atoms with van der Waals surface area (Å²) in [5.74, 6) is 0.171. The monoisotopic (exact) mass is 421 g/mol. The second-order valence-corrected chi connectivity index (χ2v) is 7.58. The predicted octanol–water partition coefficient (Wildman–Crippen LogP) is 4.33. The number of carbonyl (C=O) groups is 1. The molecule has 0 bridgehead atoms. The van der Waals surface area contributed by atoms with Gasteiger partial charge in [0.25, 0.3) is 0 Å². The van der Waals surface area contributed by atoms with Gasteiger partial charge in [-0.05, 0) is 56.6 Å². The second kappa shape index (κ2) is 8.99. The van der Waals surface area contributed by atoms with Crippen molar-refractivity contribution >= 4 is 17.4 Å². The van der Waals surface area contributed by atoms with Crippen LogP contribution in [0.3, 0.4) is 0 Å². The second-order valence-electron chi connectivity index (χ2n) is 7.58. The van der Waals surface area contributed by atoms with E-state index in [0.29, 0.717) is 17.1 Å². The van der Waals surface area contributed by atoms with Crippen LogP contribution >= 0.6 is 0 Å².